The van der Waals surface area contributed by atoms with Crippen molar-refractivity contribution in [2.75, 3.05) is 42.4 Å². The van der Waals surface area contributed by atoms with E-state index in [0.717, 1.165) is 52.6 Å². The lowest BCUT2D eigenvalue weighted by Gasteiger charge is -2.22. The van der Waals surface area contributed by atoms with Gasteiger partial charge in [0.15, 0.2) is 0 Å². The Hall–Kier alpha value is -3.14. The highest BCUT2D eigenvalue weighted by atomic mass is 16.5. The smallest absolute Gasteiger partial charge is 0.138 e. The fraction of sp³-hybridized carbons (Fsp3) is 0.455. The van der Waals surface area contributed by atoms with Crippen molar-refractivity contribution >= 4 is 28.6 Å². The highest BCUT2D eigenvalue weighted by Crippen LogP contribution is 2.38. The monoisotopic (exact) mass is 396 g/mol. The molecule has 0 fully saturated rings. The van der Waals surface area contributed by atoms with E-state index >= 15 is 0 Å². The van der Waals surface area contributed by atoms with Crippen molar-refractivity contribution < 1.29 is 4.74 Å². The van der Waals surface area contributed by atoms with Crippen LogP contribution in [0.2, 0.25) is 0 Å². The number of aromatic nitrogens is 1. The van der Waals surface area contributed by atoms with Crippen molar-refractivity contribution in [1.82, 2.24) is 4.98 Å². The summed E-state index contributed by atoms with van der Waals surface area (Å²) in [5.41, 5.74) is 5.27. The third kappa shape index (κ3) is 5.23. The van der Waals surface area contributed by atoms with Gasteiger partial charge in [-0.1, -0.05) is 13.8 Å². The Labute approximate surface area is 173 Å². The molecule has 0 saturated heterocycles. The van der Waals surface area contributed by atoms with Gasteiger partial charge in [0.1, 0.15) is 11.6 Å². The molecule has 0 aliphatic rings. The summed E-state index contributed by atoms with van der Waals surface area (Å²) in [5, 5.41) is 22.5. The van der Waals surface area contributed by atoms with E-state index in [1.807, 2.05) is 46.3 Å². The number of hydrogen-bond acceptors (Lipinski definition) is 7. The molecule has 2 aromatic rings. The van der Waals surface area contributed by atoms with Gasteiger partial charge in [-0.05, 0) is 31.9 Å². The first kappa shape index (κ1) is 22.2. The molecule has 0 aliphatic heterocycles. The van der Waals surface area contributed by atoms with E-state index in [2.05, 4.69) is 46.2 Å². The molecule has 2 rings (SSSR count). The van der Waals surface area contributed by atoms with Crippen LogP contribution in [0.25, 0.3) is 0 Å². The lowest BCUT2D eigenvalue weighted by Crippen LogP contribution is -2.16. The molecule has 0 spiro atoms. The van der Waals surface area contributed by atoms with Crippen molar-refractivity contribution in [2.24, 2.45) is 0 Å². The van der Waals surface area contributed by atoms with Crippen molar-refractivity contribution in [1.29, 1.82) is 5.26 Å². The van der Waals surface area contributed by atoms with E-state index in [4.69, 9.17) is 4.74 Å². The summed E-state index contributed by atoms with van der Waals surface area (Å²) in [4.78, 5) is 4.69. The van der Waals surface area contributed by atoms with Gasteiger partial charge in [-0.3, -0.25) is 0 Å². The van der Waals surface area contributed by atoms with Crippen LogP contribution in [0.3, 0.4) is 0 Å². The minimum Gasteiger partial charge on any atom is -0.490 e. The molecule has 0 atom stereocenters. The minimum absolute atomic E-state index is 0.109. The summed E-state index contributed by atoms with van der Waals surface area (Å²) in [5.74, 6) is 1.36. The number of nitrogens with one attached hydrogen (secondary N) is 4. The van der Waals surface area contributed by atoms with Crippen molar-refractivity contribution in [3.63, 3.8) is 0 Å². The molecular formula is C22H32N6O. The number of nitrogens with zero attached hydrogens (tertiary/aromatic N) is 2. The summed E-state index contributed by atoms with van der Waals surface area (Å²) in [6, 6.07) is 8.21. The number of nitriles is 1. The molecule has 156 valence electrons. The summed E-state index contributed by atoms with van der Waals surface area (Å²) in [6.07, 6.45) is 2.14. The molecule has 0 radical (unpaired) electrons. The van der Waals surface area contributed by atoms with Crippen LogP contribution in [-0.4, -0.2) is 32.2 Å². The molecule has 7 heteroatoms. The van der Waals surface area contributed by atoms with Crippen LogP contribution in [0.15, 0.2) is 18.2 Å². The van der Waals surface area contributed by atoms with Gasteiger partial charge >= 0.3 is 0 Å². The molecule has 0 amide bonds. The van der Waals surface area contributed by atoms with Crippen LogP contribution in [0, 0.1) is 18.3 Å². The molecule has 1 heterocycles. The molecule has 0 unspecified atom stereocenters. The van der Waals surface area contributed by atoms with Crippen LogP contribution in [-0.2, 0) is 6.42 Å². The lowest BCUT2D eigenvalue weighted by molar-refractivity contribution is 0.191. The molecule has 0 saturated carbocycles. The largest absolute Gasteiger partial charge is 0.490 e. The van der Waals surface area contributed by atoms with Gasteiger partial charge in [-0.25, -0.2) is 4.98 Å². The molecule has 7 nitrogen and oxygen atoms in total. The molecular weight excluding hydrogens is 364 g/mol. The van der Waals surface area contributed by atoms with Gasteiger partial charge in [-0.15, -0.1) is 0 Å². The SMILES string of the molecule is CCC(CC)Oc1cc(C)nc(Nc2c(NC)cc(NC)cc2NC)c1CC#N. The Kier molecular flexibility index (Phi) is 7.96. The maximum atomic E-state index is 9.43. The van der Waals surface area contributed by atoms with E-state index in [0.29, 0.717) is 5.82 Å². The fourth-order valence-electron chi connectivity index (χ4n) is 3.20. The Morgan fingerprint density at radius 1 is 1.03 bits per heavy atom. The second kappa shape index (κ2) is 10.4. The van der Waals surface area contributed by atoms with Crippen molar-refractivity contribution in [3.8, 4) is 11.8 Å². The quantitative estimate of drug-likeness (QED) is 0.454. The molecule has 4 N–H and O–H groups in total. The number of ether oxygens (including phenoxy) is 1. The van der Waals surface area contributed by atoms with E-state index < -0.39 is 0 Å². The van der Waals surface area contributed by atoms with Gasteiger partial charge in [0.2, 0.25) is 0 Å². The van der Waals surface area contributed by atoms with Gasteiger partial charge in [0, 0.05) is 38.6 Å². The average molecular weight is 397 g/mol. The van der Waals surface area contributed by atoms with Crippen molar-refractivity contribution in [2.45, 2.75) is 46.1 Å². The second-order valence-electron chi connectivity index (χ2n) is 6.80. The highest BCUT2D eigenvalue weighted by Gasteiger charge is 2.18. The molecule has 1 aromatic carbocycles. The van der Waals surface area contributed by atoms with Gasteiger partial charge in [-0.2, -0.15) is 5.26 Å². The lowest BCUT2D eigenvalue weighted by atomic mass is 10.1. The maximum absolute atomic E-state index is 9.43. The van der Waals surface area contributed by atoms with Crippen LogP contribution in [0.1, 0.15) is 37.9 Å². The van der Waals surface area contributed by atoms with Gasteiger partial charge < -0.3 is 26.0 Å². The predicted octanol–water partition coefficient (Wildman–Crippen LogP) is 4.89. The van der Waals surface area contributed by atoms with Gasteiger partial charge in [0.05, 0.1) is 41.2 Å². The number of hydrogen-bond donors (Lipinski definition) is 4. The third-order valence-electron chi connectivity index (χ3n) is 4.88. The first-order valence-electron chi connectivity index (χ1n) is 10.0. The summed E-state index contributed by atoms with van der Waals surface area (Å²) in [6.45, 7) is 6.14. The second-order valence-corrected chi connectivity index (χ2v) is 6.80. The van der Waals surface area contributed by atoms with E-state index in [1.165, 1.54) is 0 Å². The number of benzene rings is 1. The molecule has 1 aromatic heterocycles. The van der Waals surface area contributed by atoms with Crippen LogP contribution >= 0.6 is 0 Å². The topological polar surface area (TPSA) is 94.0 Å². The van der Waals surface area contributed by atoms with Crippen molar-refractivity contribution in [3.05, 3.63) is 29.5 Å². The molecule has 0 bridgehead atoms. The number of aryl methyl sites for hydroxylation is 1. The first-order valence-corrected chi connectivity index (χ1v) is 10.0. The number of rotatable bonds is 10. The zero-order chi connectivity index (χ0) is 21.4. The van der Waals surface area contributed by atoms with E-state index in [9.17, 15) is 5.26 Å². The normalized spacial score (nSPS) is 10.4. The Morgan fingerprint density at radius 3 is 2.14 bits per heavy atom. The van der Waals surface area contributed by atoms with E-state index in [-0.39, 0.29) is 12.5 Å². The average Bonchev–Trinajstić information content (AvgIpc) is 2.73. The van der Waals surface area contributed by atoms with Gasteiger partial charge in [0.25, 0.3) is 0 Å². The first-order chi connectivity index (χ1) is 14.0. The molecule has 29 heavy (non-hydrogen) atoms. The summed E-state index contributed by atoms with van der Waals surface area (Å²) < 4.78 is 6.23. The van der Waals surface area contributed by atoms with E-state index in [1.54, 1.807) is 0 Å². The number of pyridine rings is 1. The standard InChI is InChI=1S/C22H32N6O/c1-7-16(8-2)29-20-11-14(3)27-22(17(20)9-10-23)28-21-18(25-5)12-15(24-4)13-19(21)26-6/h11-13,16,24-26H,7-9H2,1-6H3,(H,27,28). The van der Waals surface area contributed by atoms with Crippen LogP contribution < -0.4 is 26.0 Å². The maximum Gasteiger partial charge on any atom is 0.138 e. The number of anilines is 5. The summed E-state index contributed by atoms with van der Waals surface area (Å²) >= 11 is 0. The summed E-state index contributed by atoms with van der Waals surface area (Å²) in [7, 11) is 5.64. The highest BCUT2D eigenvalue weighted by molar-refractivity contribution is 5.89. The van der Waals surface area contributed by atoms with Crippen LogP contribution in [0.5, 0.6) is 5.75 Å². The Bertz CT molecular complexity index is 845. The predicted molar refractivity (Wildman–Crippen MR) is 122 cm³/mol. The fourth-order valence-corrected chi connectivity index (χ4v) is 3.20. The zero-order valence-electron chi connectivity index (χ0n) is 18.2. The Balaban J connectivity index is 2.58. The molecule has 0 aliphatic carbocycles. The third-order valence-corrected chi connectivity index (χ3v) is 4.88. The minimum atomic E-state index is 0.109. The van der Waals surface area contributed by atoms with Crippen LogP contribution in [0.4, 0.5) is 28.6 Å². The Morgan fingerprint density at radius 2 is 1.66 bits per heavy atom. The zero-order valence-corrected chi connectivity index (χ0v) is 18.2.